The predicted octanol–water partition coefficient (Wildman–Crippen LogP) is 2.82. The molecule has 0 aliphatic carbocycles. The van der Waals surface area contributed by atoms with Gasteiger partial charge in [-0.15, -0.1) is 28.1 Å². The molecule has 0 aromatic heterocycles. The van der Waals surface area contributed by atoms with Crippen molar-refractivity contribution in [1.29, 1.82) is 0 Å². The maximum atomic E-state index is 10.9. The Morgan fingerprint density at radius 2 is 1.38 bits per heavy atom. The standard InChI is InChI=1S/C6H12Cl2O4P/c7-3-1-5-11-13(9,10)12-6-2-4-8/h1-6H2. The first-order valence-corrected chi connectivity index (χ1v) is 6.37. The highest BCUT2D eigenvalue weighted by Gasteiger charge is 2.22. The van der Waals surface area contributed by atoms with Gasteiger partial charge in [0.25, 0.3) is 0 Å². The fourth-order valence-electron chi connectivity index (χ4n) is 0.499. The molecule has 0 saturated carbocycles. The monoisotopic (exact) mass is 249 g/mol. The minimum Gasteiger partial charge on any atom is -0.285 e. The largest absolute Gasteiger partial charge is 0.502 e. The second-order valence-corrected chi connectivity index (χ2v) is 4.37. The van der Waals surface area contributed by atoms with E-state index in [0.717, 1.165) is 0 Å². The van der Waals surface area contributed by atoms with Crippen molar-refractivity contribution in [2.45, 2.75) is 12.8 Å². The molecule has 0 N–H and O–H groups in total. The van der Waals surface area contributed by atoms with Crippen molar-refractivity contribution in [3.05, 3.63) is 0 Å². The lowest BCUT2D eigenvalue weighted by Gasteiger charge is -2.08. The Morgan fingerprint density at radius 1 is 1.00 bits per heavy atom. The van der Waals surface area contributed by atoms with E-state index in [1.165, 1.54) is 0 Å². The van der Waals surface area contributed by atoms with Crippen molar-refractivity contribution in [2.75, 3.05) is 25.0 Å². The molecule has 0 bridgehead atoms. The van der Waals surface area contributed by atoms with Gasteiger partial charge in [-0.1, -0.05) is 0 Å². The van der Waals surface area contributed by atoms with Crippen molar-refractivity contribution in [2.24, 2.45) is 0 Å². The zero-order valence-corrected chi connectivity index (χ0v) is 9.49. The molecule has 79 valence electrons. The van der Waals surface area contributed by atoms with Crippen LogP contribution in [0.5, 0.6) is 0 Å². The van der Waals surface area contributed by atoms with E-state index in [-0.39, 0.29) is 13.2 Å². The molecule has 0 saturated heterocycles. The molecule has 0 fully saturated rings. The molecule has 4 nitrogen and oxygen atoms in total. The molecule has 1 radical (unpaired) electrons. The smallest absolute Gasteiger partial charge is 0.285 e. The van der Waals surface area contributed by atoms with E-state index >= 15 is 0 Å². The number of alkyl halides is 2. The minimum absolute atomic E-state index is 0.0607. The first-order valence-electron chi connectivity index (χ1n) is 3.84. The number of hydrogen-bond donors (Lipinski definition) is 0. The van der Waals surface area contributed by atoms with Crippen molar-refractivity contribution < 1.29 is 18.5 Å². The van der Waals surface area contributed by atoms with Crippen LogP contribution >= 0.6 is 31.0 Å². The van der Waals surface area contributed by atoms with Crippen LogP contribution in [0.4, 0.5) is 0 Å². The summed E-state index contributed by atoms with van der Waals surface area (Å²) >= 11 is 10.7. The zero-order chi connectivity index (χ0) is 10.2. The molecule has 0 spiro atoms. The summed E-state index contributed by atoms with van der Waals surface area (Å²) in [5, 5.41) is 0. The molecule has 0 atom stereocenters. The van der Waals surface area contributed by atoms with Gasteiger partial charge in [0, 0.05) is 11.8 Å². The van der Waals surface area contributed by atoms with Gasteiger partial charge in [-0.05, 0) is 12.8 Å². The Labute approximate surface area is 87.7 Å². The fourth-order valence-corrected chi connectivity index (χ4v) is 1.50. The van der Waals surface area contributed by atoms with E-state index in [1.807, 2.05) is 0 Å². The van der Waals surface area contributed by atoms with Crippen LogP contribution in [0.1, 0.15) is 12.8 Å². The first-order chi connectivity index (χ1) is 6.12. The van der Waals surface area contributed by atoms with Crippen molar-refractivity contribution in [1.82, 2.24) is 0 Å². The first kappa shape index (κ1) is 13.7. The molecule has 0 amide bonds. The van der Waals surface area contributed by atoms with E-state index in [2.05, 4.69) is 9.05 Å². The van der Waals surface area contributed by atoms with Crippen LogP contribution in [0.3, 0.4) is 0 Å². The number of halogens is 2. The van der Waals surface area contributed by atoms with E-state index in [4.69, 9.17) is 23.2 Å². The van der Waals surface area contributed by atoms with Gasteiger partial charge in [-0.2, -0.15) is 0 Å². The van der Waals surface area contributed by atoms with Crippen LogP contribution in [0.2, 0.25) is 0 Å². The van der Waals surface area contributed by atoms with E-state index < -0.39 is 7.82 Å². The quantitative estimate of drug-likeness (QED) is 0.378. The third-order valence-corrected chi connectivity index (χ3v) is 2.59. The van der Waals surface area contributed by atoms with Gasteiger partial charge in [0.15, 0.2) is 0 Å². The minimum atomic E-state index is -4.12. The summed E-state index contributed by atoms with van der Waals surface area (Å²) in [5.41, 5.74) is 0. The van der Waals surface area contributed by atoms with Crippen LogP contribution in [-0.2, 0) is 18.5 Å². The summed E-state index contributed by atoms with van der Waals surface area (Å²) in [6.45, 7) is 0.121. The van der Waals surface area contributed by atoms with Gasteiger partial charge in [-0.25, -0.2) is 4.57 Å². The average Bonchev–Trinajstić information content (AvgIpc) is 2.05. The molecule has 0 aromatic rings. The fraction of sp³-hybridized carbons (Fsp3) is 1.00. The van der Waals surface area contributed by atoms with E-state index in [0.29, 0.717) is 24.6 Å². The van der Waals surface area contributed by atoms with Crippen molar-refractivity contribution in [3.8, 4) is 0 Å². The van der Waals surface area contributed by atoms with Gasteiger partial charge < -0.3 is 0 Å². The second-order valence-electron chi connectivity index (χ2n) is 2.20. The molecule has 0 aromatic carbocycles. The van der Waals surface area contributed by atoms with E-state index in [1.54, 1.807) is 0 Å². The van der Waals surface area contributed by atoms with Gasteiger partial charge in [-0.3, -0.25) is 9.05 Å². The summed E-state index contributed by atoms with van der Waals surface area (Å²) in [5.74, 6) is 0.726. The molecular weight excluding hydrogens is 238 g/mol. The Morgan fingerprint density at radius 3 is 1.69 bits per heavy atom. The topological polar surface area (TPSA) is 55.4 Å². The third-order valence-electron chi connectivity index (χ3n) is 1.05. The SMILES string of the molecule is [O]P(=O)(OCCCCl)OCCCCl. The summed E-state index contributed by atoms with van der Waals surface area (Å²) in [4.78, 5) is 10.9. The molecule has 7 heteroatoms. The van der Waals surface area contributed by atoms with E-state index in [9.17, 15) is 9.46 Å². The Bertz CT molecular complexity index is 153. The van der Waals surface area contributed by atoms with Gasteiger partial charge >= 0.3 is 7.82 Å². The lowest BCUT2D eigenvalue weighted by atomic mass is 10.5. The van der Waals surface area contributed by atoms with Crippen LogP contribution in [-0.4, -0.2) is 25.0 Å². The summed E-state index contributed by atoms with van der Waals surface area (Å²) in [6.07, 6.45) is 0.958. The second kappa shape index (κ2) is 8.04. The van der Waals surface area contributed by atoms with Crippen molar-refractivity contribution >= 4 is 31.0 Å². The highest BCUT2D eigenvalue weighted by Crippen LogP contribution is 2.44. The summed E-state index contributed by atoms with van der Waals surface area (Å²) in [6, 6.07) is 0. The molecule has 0 rings (SSSR count). The lowest BCUT2D eigenvalue weighted by molar-refractivity contribution is 0.129. The van der Waals surface area contributed by atoms with Gasteiger partial charge in [0.1, 0.15) is 0 Å². The zero-order valence-electron chi connectivity index (χ0n) is 7.08. The molecule has 0 heterocycles. The Hall–Kier alpha value is 0.690. The normalized spacial score (nSPS) is 11.9. The van der Waals surface area contributed by atoms with Gasteiger partial charge in [0.2, 0.25) is 0 Å². The lowest BCUT2D eigenvalue weighted by Crippen LogP contribution is -1.98. The highest BCUT2D eigenvalue weighted by atomic mass is 35.5. The molecule has 0 aliphatic heterocycles. The average molecular weight is 250 g/mol. The Balaban J connectivity index is 3.49. The van der Waals surface area contributed by atoms with Crippen LogP contribution < -0.4 is 0 Å². The summed E-state index contributed by atoms with van der Waals surface area (Å²) in [7, 11) is -4.12. The van der Waals surface area contributed by atoms with Crippen LogP contribution in [0.25, 0.3) is 0 Å². The third kappa shape index (κ3) is 9.01. The van der Waals surface area contributed by atoms with Gasteiger partial charge in [0.05, 0.1) is 13.2 Å². The molecular formula is C6H12Cl2O4P. The number of hydrogen-bond acceptors (Lipinski definition) is 3. The van der Waals surface area contributed by atoms with Crippen LogP contribution in [0.15, 0.2) is 0 Å². The molecule has 0 aliphatic rings. The number of rotatable bonds is 8. The predicted molar refractivity (Wildman–Crippen MR) is 50.9 cm³/mol. The molecule has 0 unspecified atom stereocenters. The maximum absolute atomic E-state index is 10.9. The Kier molecular flexibility index (Phi) is 8.46. The highest BCUT2D eigenvalue weighted by molar-refractivity contribution is 7.47. The van der Waals surface area contributed by atoms with Crippen LogP contribution in [0, 0.1) is 0 Å². The van der Waals surface area contributed by atoms with Crippen molar-refractivity contribution in [3.63, 3.8) is 0 Å². The summed E-state index contributed by atoms with van der Waals surface area (Å²) < 4.78 is 19.8. The maximum Gasteiger partial charge on any atom is 0.502 e. The molecule has 13 heavy (non-hydrogen) atoms.